The summed E-state index contributed by atoms with van der Waals surface area (Å²) >= 11 is 0. The van der Waals surface area contributed by atoms with Crippen molar-refractivity contribution in [3.05, 3.63) is 33.9 Å². The van der Waals surface area contributed by atoms with E-state index >= 15 is 0 Å². The summed E-state index contributed by atoms with van der Waals surface area (Å²) in [4.78, 5) is 10.6. The van der Waals surface area contributed by atoms with E-state index in [4.69, 9.17) is 5.11 Å². The van der Waals surface area contributed by atoms with Crippen molar-refractivity contribution < 1.29 is 10.0 Å². The third-order valence-electron chi connectivity index (χ3n) is 3.21. The van der Waals surface area contributed by atoms with Gasteiger partial charge in [-0.25, -0.2) is 0 Å². The molecular formula is C12H16N2O3. The predicted molar refractivity (Wildman–Crippen MR) is 65.1 cm³/mol. The first-order chi connectivity index (χ1) is 8.08. The Hall–Kier alpha value is -1.62. The smallest absolute Gasteiger partial charge is 0.295 e. The maximum absolute atomic E-state index is 10.9. The monoisotopic (exact) mass is 236 g/mol. The Morgan fingerprint density at radius 1 is 1.53 bits per heavy atom. The topological polar surface area (TPSA) is 75.4 Å². The molecule has 0 bridgehead atoms. The van der Waals surface area contributed by atoms with Gasteiger partial charge < -0.3 is 10.4 Å². The molecule has 0 saturated heterocycles. The molecule has 0 spiro atoms. The number of nitrogens with zero attached hydrogens (tertiary/aromatic N) is 1. The summed E-state index contributed by atoms with van der Waals surface area (Å²) in [5.74, 6) is 0.421. The summed E-state index contributed by atoms with van der Waals surface area (Å²) in [6.45, 7) is 2.41. The van der Waals surface area contributed by atoms with E-state index < -0.39 is 0 Å². The molecule has 92 valence electrons. The van der Waals surface area contributed by atoms with Crippen molar-refractivity contribution in [2.24, 2.45) is 5.92 Å². The van der Waals surface area contributed by atoms with Crippen LogP contribution in [0, 0.1) is 23.0 Å². The molecule has 2 rings (SSSR count). The number of nitro groups is 1. The van der Waals surface area contributed by atoms with Gasteiger partial charge in [0, 0.05) is 12.1 Å². The van der Waals surface area contributed by atoms with Gasteiger partial charge in [-0.15, -0.1) is 0 Å². The summed E-state index contributed by atoms with van der Waals surface area (Å²) in [5, 5.41) is 23.2. The first-order valence-corrected chi connectivity index (χ1v) is 5.74. The molecule has 0 radical (unpaired) electrons. The van der Waals surface area contributed by atoms with Gasteiger partial charge in [0.15, 0.2) is 0 Å². The molecule has 0 atom stereocenters. The molecule has 1 saturated carbocycles. The number of para-hydroxylation sites is 1. The number of anilines is 1. The number of aliphatic hydroxyl groups excluding tert-OH is 1. The lowest BCUT2D eigenvalue weighted by Crippen LogP contribution is -2.33. The number of hydrogen-bond acceptors (Lipinski definition) is 4. The molecule has 1 aliphatic rings. The molecule has 5 heteroatoms. The Morgan fingerprint density at radius 2 is 2.24 bits per heavy atom. The quantitative estimate of drug-likeness (QED) is 0.620. The highest BCUT2D eigenvalue weighted by Crippen LogP contribution is 2.31. The van der Waals surface area contributed by atoms with Crippen molar-refractivity contribution in [3.63, 3.8) is 0 Å². The van der Waals surface area contributed by atoms with Crippen LogP contribution in [-0.2, 0) is 0 Å². The molecule has 1 aliphatic carbocycles. The van der Waals surface area contributed by atoms with Gasteiger partial charge in [-0.3, -0.25) is 10.1 Å². The Morgan fingerprint density at radius 3 is 2.82 bits per heavy atom. The number of aryl methyl sites for hydroxylation is 1. The zero-order valence-corrected chi connectivity index (χ0v) is 9.72. The Balaban J connectivity index is 2.05. The molecule has 1 aromatic rings. The molecule has 0 aromatic heterocycles. The summed E-state index contributed by atoms with van der Waals surface area (Å²) in [6, 6.07) is 5.26. The van der Waals surface area contributed by atoms with E-state index in [1.54, 1.807) is 25.1 Å². The second-order valence-electron chi connectivity index (χ2n) is 4.60. The molecule has 1 aromatic carbocycles. The van der Waals surface area contributed by atoms with E-state index in [0.29, 0.717) is 23.7 Å². The van der Waals surface area contributed by atoms with Crippen LogP contribution in [0.3, 0.4) is 0 Å². The van der Waals surface area contributed by atoms with Crippen LogP contribution in [0.1, 0.15) is 18.4 Å². The zero-order valence-electron chi connectivity index (χ0n) is 9.72. The number of rotatable bonds is 4. The van der Waals surface area contributed by atoms with Gasteiger partial charge in [0.1, 0.15) is 5.69 Å². The number of aliphatic hydroxyl groups is 1. The fourth-order valence-electron chi connectivity index (χ4n) is 2.17. The maximum Gasteiger partial charge on any atom is 0.295 e. The van der Waals surface area contributed by atoms with Crippen LogP contribution >= 0.6 is 0 Å². The van der Waals surface area contributed by atoms with E-state index in [1.807, 2.05) is 0 Å². The van der Waals surface area contributed by atoms with Crippen LogP contribution in [0.2, 0.25) is 0 Å². The van der Waals surface area contributed by atoms with Gasteiger partial charge in [0.25, 0.3) is 5.69 Å². The Kier molecular flexibility index (Phi) is 3.28. The summed E-state index contributed by atoms with van der Waals surface area (Å²) in [5.41, 5.74) is 1.37. The molecule has 2 N–H and O–H groups in total. The lowest BCUT2D eigenvalue weighted by Gasteiger charge is -2.31. The van der Waals surface area contributed by atoms with Crippen molar-refractivity contribution in [3.8, 4) is 0 Å². The molecule has 1 fully saturated rings. The molecule has 0 heterocycles. The van der Waals surface area contributed by atoms with E-state index in [9.17, 15) is 10.1 Å². The van der Waals surface area contributed by atoms with Gasteiger partial charge in [0.2, 0.25) is 0 Å². The van der Waals surface area contributed by atoms with Gasteiger partial charge >= 0.3 is 0 Å². The number of nitro benzene ring substituents is 1. The highest BCUT2D eigenvalue weighted by atomic mass is 16.6. The minimum Gasteiger partial charge on any atom is -0.393 e. The first kappa shape index (κ1) is 11.9. The number of nitrogens with one attached hydrogen (secondary N) is 1. The second kappa shape index (κ2) is 4.71. The van der Waals surface area contributed by atoms with Crippen LogP contribution in [0.25, 0.3) is 0 Å². The molecule has 0 aliphatic heterocycles. The fraction of sp³-hybridized carbons (Fsp3) is 0.500. The maximum atomic E-state index is 10.9. The summed E-state index contributed by atoms with van der Waals surface area (Å²) < 4.78 is 0. The average Bonchev–Trinajstić information content (AvgIpc) is 2.22. The summed E-state index contributed by atoms with van der Waals surface area (Å²) in [7, 11) is 0. The summed E-state index contributed by atoms with van der Waals surface area (Å²) in [6.07, 6.45) is 1.38. The SMILES string of the molecule is Cc1cccc(NCC2CC(O)C2)c1[N+](=O)[O-]. The van der Waals surface area contributed by atoms with Crippen LogP contribution in [0.4, 0.5) is 11.4 Å². The molecule has 0 unspecified atom stereocenters. The van der Waals surface area contributed by atoms with Crippen LogP contribution < -0.4 is 5.32 Å². The molecule has 5 nitrogen and oxygen atoms in total. The Bertz CT molecular complexity index is 428. The van der Waals surface area contributed by atoms with E-state index in [0.717, 1.165) is 12.8 Å². The normalized spacial score (nSPS) is 22.9. The van der Waals surface area contributed by atoms with Crippen LogP contribution in [0.15, 0.2) is 18.2 Å². The molecule has 0 amide bonds. The van der Waals surface area contributed by atoms with Gasteiger partial charge in [-0.2, -0.15) is 0 Å². The number of benzene rings is 1. The van der Waals surface area contributed by atoms with Crippen LogP contribution in [-0.4, -0.2) is 22.7 Å². The third kappa shape index (κ3) is 2.55. The van der Waals surface area contributed by atoms with Crippen molar-refractivity contribution in [1.29, 1.82) is 0 Å². The fourth-order valence-corrected chi connectivity index (χ4v) is 2.17. The zero-order chi connectivity index (χ0) is 12.4. The lowest BCUT2D eigenvalue weighted by molar-refractivity contribution is -0.384. The minimum atomic E-state index is -0.354. The Labute approximate surface area is 99.6 Å². The lowest BCUT2D eigenvalue weighted by atomic mass is 9.82. The van der Waals surface area contributed by atoms with Crippen molar-refractivity contribution >= 4 is 11.4 Å². The van der Waals surface area contributed by atoms with Gasteiger partial charge in [0.05, 0.1) is 11.0 Å². The second-order valence-corrected chi connectivity index (χ2v) is 4.60. The predicted octanol–water partition coefficient (Wildman–Crippen LogP) is 2.09. The third-order valence-corrected chi connectivity index (χ3v) is 3.21. The van der Waals surface area contributed by atoms with Crippen molar-refractivity contribution in [2.45, 2.75) is 25.9 Å². The largest absolute Gasteiger partial charge is 0.393 e. The standard InChI is InChI=1S/C12H16N2O3/c1-8-3-2-4-11(12(8)14(16)17)13-7-9-5-10(15)6-9/h2-4,9-10,13,15H,5-7H2,1H3. The van der Waals surface area contributed by atoms with Crippen molar-refractivity contribution in [1.82, 2.24) is 0 Å². The molecule has 17 heavy (non-hydrogen) atoms. The first-order valence-electron chi connectivity index (χ1n) is 5.74. The van der Waals surface area contributed by atoms with Gasteiger partial charge in [-0.05, 0) is 31.7 Å². The highest BCUT2D eigenvalue weighted by molar-refractivity contribution is 5.65. The van der Waals surface area contributed by atoms with Crippen molar-refractivity contribution in [2.75, 3.05) is 11.9 Å². The highest BCUT2D eigenvalue weighted by Gasteiger charge is 2.27. The molecular weight excluding hydrogens is 220 g/mol. The van der Waals surface area contributed by atoms with Crippen LogP contribution in [0.5, 0.6) is 0 Å². The minimum absolute atomic E-state index is 0.146. The average molecular weight is 236 g/mol. The van der Waals surface area contributed by atoms with E-state index in [1.165, 1.54) is 0 Å². The number of hydrogen-bond donors (Lipinski definition) is 2. The van der Waals surface area contributed by atoms with E-state index in [2.05, 4.69) is 5.32 Å². The van der Waals surface area contributed by atoms with Gasteiger partial charge in [-0.1, -0.05) is 12.1 Å². The van der Waals surface area contributed by atoms with E-state index in [-0.39, 0.29) is 16.7 Å².